The molecule has 0 amide bonds. The molecule has 0 aromatic carbocycles. The first-order valence-electron chi connectivity index (χ1n) is 4.77. The van der Waals surface area contributed by atoms with Gasteiger partial charge in [0.05, 0.1) is 5.69 Å². The number of ether oxygens (including phenoxy) is 1. The minimum Gasteiger partial charge on any atom is -0.374 e. The molecule has 0 fully saturated rings. The Balaban J connectivity index is 2.78. The zero-order chi connectivity index (χ0) is 9.84. The van der Waals surface area contributed by atoms with Crippen molar-refractivity contribution < 1.29 is 4.74 Å². The van der Waals surface area contributed by atoms with Crippen LogP contribution in [-0.2, 0) is 11.3 Å². The molecule has 3 heteroatoms. The van der Waals surface area contributed by atoms with Gasteiger partial charge in [-0.1, -0.05) is 0 Å². The van der Waals surface area contributed by atoms with Gasteiger partial charge >= 0.3 is 0 Å². The lowest BCUT2D eigenvalue weighted by molar-refractivity contribution is 0.124. The van der Waals surface area contributed by atoms with E-state index < -0.39 is 0 Å². The molecule has 0 saturated heterocycles. The molecule has 1 aromatic rings. The number of nitrogens with zero attached hydrogens (tertiary/aromatic N) is 2. The van der Waals surface area contributed by atoms with E-state index in [4.69, 9.17) is 4.74 Å². The Morgan fingerprint density at radius 2 is 2.23 bits per heavy atom. The fraction of sp³-hybridized carbons (Fsp3) is 0.700. The number of aromatic nitrogens is 2. The molecule has 1 aromatic heterocycles. The maximum absolute atomic E-state index is 5.34. The zero-order valence-corrected chi connectivity index (χ0v) is 8.87. The van der Waals surface area contributed by atoms with Crippen LogP contribution in [0.2, 0.25) is 0 Å². The zero-order valence-electron chi connectivity index (χ0n) is 8.87. The van der Waals surface area contributed by atoms with E-state index in [-0.39, 0.29) is 0 Å². The maximum atomic E-state index is 5.34. The van der Waals surface area contributed by atoms with Gasteiger partial charge in [-0.25, -0.2) is 4.98 Å². The lowest BCUT2D eigenvalue weighted by atomic mass is 10.4. The summed E-state index contributed by atoms with van der Waals surface area (Å²) in [6.45, 7) is 9.66. The number of hydrogen-bond donors (Lipinski definition) is 0. The van der Waals surface area contributed by atoms with Crippen molar-refractivity contribution in [2.75, 3.05) is 6.61 Å². The molecule has 1 rings (SSSR count). The molecule has 0 atom stereocenters. The maximum Gasteiger partial charge on any atom is 0.135 e. The molecule has 13 heavy (non-hydrogen) atoms. The predicted molar refractivity (Wildman–Crippen MR) is 52.7 cm³/mol. The van der Waals surface area contributed by atoms with Crippen LogP contribution >= 0.6 is 0 Å². The summed E-state index contributed by atoms with van der Waals surface area (Å²) >= 11 is 0. The Labute approximate surface area is 79.7 Å². The van der Waals surface area contributed by atoms with Crippen LogP contribution in [-0.4, -0.2) is 16.2 Å². The standard InChI is InChI=1S/C10H18N2O/c1-5-13-7-10-11-9(4)6-12(10)8(2)3/h6,8H,5,7H2,1-4H3. The number of imidazole rings is 1. The molecule has 3 nitrogen and oxygen atoms in total. The van der Waals surface area contributed by atoms with Gasteiger partial charge in [0, 0.05) is 18.8 Å². The summed E-state index contributed by atoms with van der Waals surface area (Å²) in [5.41, 5.74) is 1.06. The van der Waals surface area contributed by atoms with Crippen LogP contribution in [0.1, 0.15) is 38.3 Å². The average Bonchev–Trinajstić information content (AvgIpc) is 2.43. The van der Waals surface area contributed by atoms with Crippen LogP contribution in [0.5, 0.6) is 0 Å². The second-order valence-electron chi connectivity index (χ2n) is 3.44. The number of hydrogen-bond acceptors (Lipinski definition) is 2. The lowest BCUT2D eigenvalue weighted by Crippen LogP contribution is -2.06. The first-order valence-corrected chi connectivity index (χ1v) is 4.77. The van der Waals surface area contributed by atoms with Gasteiger partial charge in [0.1, 0.15) is 12.4 Å². The first kappa shape index (κ1) is 10.3. The van der Waals surface area contributed by atoms with Gasteiger partial charge < -0.3 is 9.30 Å². The summed E-state index contributed by atoms with van der Waals surface area (Å²) in [7, 11) is 0. The van der Waals surface area contributed by atoms with E-state index in [9.17, 15) is 0 Å². The normalized spacial score (nSPS) is 11.2. The van der Waals surface area contributed by atoms with Crippen molar-refractivity contribution in [1.82, 2.24) is 9.55 Å². The van der Waals surface area contributed by atoms with Crippen LogP contribution in [0.4, 0.5) is 0 Å². The van der Waals surface area contributed by atoms with Crippen molar-refractivity contribution in [3.63, 3.8) is 0 Å². The molecule has 0 saturated carbocycles. The molecule has 0 aliphatic carbocycles. The highest BCUT2D eigenvalue weighted by Gasteiger charge is 2.07. The van der Waals surface area contributed by atoms with Gasteiger partial charge in [-0.15, -0.1) is 0 Å². The SMILES string of the molecule is CCOCc1nc(C)cn1C(C)C. The molecule has 0 radical (unpaired) electrons. The van der Waals surface area contributed by atoms with E-state index in [0.717, 1.165) is 18.1 Å². The summed E-state index contributed by atoms with van der Waals surface area (Å²) in [6, 6.07) is 0.455. The van der Waals surface area contributed by atoms with Gasteiger partial charge in [0.2, 0.25) is 0 Å². The average molecular weight is 182 g/mol. The highest BCUT2D eigenvalue weighted by molar-refractivity contribution is 5.02. The fourth-order valence-corrected chi connectivity index (χ4v) is 1.31. The van der Waals surface area contributed by atoms with E-state index in [0.29, 0.717) is 12.6 Å². The summed E-state index contributed by atoms with van der Waals surface area (Å²) in [6.07, 6.45) is 2.07. The summed E-state index contributed by atoms with van der Waals surface area (Å²) < 4.78 is 7.50. The minimum atomic E-state index is 0.455. The second kappa shape index (κ2) is 4.42. The van der Waals surface area contributed by atoms with Crippen LogP contribution in [0, 0.1) is 6.92 Å². The third-order valence-corrected chi connectivity index (χ3v) is 1.92. The third kappa shape index (κ3) is 2.56. The smallest absolute Gasteiger partial charge is 0.135 e. The molecule has 0 unspecified atom stereocenters. The van der Waals surface area contributed by atoms with E-state index in [1.165, 1.54) is 0 Å². The van der Waals surface area contributed by atoms with Gasteiger partial charge in [-0.3, -0.25) is 0 Å². The van der Waals surface area contributed by atoms with Gasteiger partial charge in [0.15, 0.2) is 0 Å². The van der Waals surface area contributed by atoms with Crippen LogP contribution in [0.3, 0.4) is 0 Å². The quantitative estimate of drug-likeness (QED) is 0.714. The summed E-state index contributed by atoms with van der Waals surface area (Å²) in [5.74, 6) is 1.02. The van der Waals surface area contributed by atoms with Crippen molar-refractivity contribution in [3.8, 4) is 0 Å². The van der Waals surface area contributed by atoms with Crippen LogP contribution in [0.15, 0.2) is 6.20 Å². The van der Waals surface area contributed by atoms with Crippen molar-refractivity contribution in [3.05, 3.63) is 17.7 Å². The molecule has 1 heterocycles. The molecule has 0 N–H and O–H groups in total. The van der Waals surface area contributed by atoms with Gasteiger partial charge in [-0.05, 0) is 27.7 Å². The van der Waals surface area contributed by atoms with E-state index in [1.807, 2.05) is 13.8 Å². The Hall–Kier alpha value is -0.830. The van der Waals surface area contributed by atoms with Crippen LogP contribution < -0.4 is 0 Å². The van der Waals surface area contributed by atoms with Crippen molar-refractivity contribution >= 4 is 0 Å². The lowest BCUT2D eigenvalue weighted by Gasteiger charge is -2.10. The fourth-order valence-electron chi connectivity index (χ4n) is 1.31. The van der Waals surface area contributed by atoms with E-state index in [2.05, 4.69) is 29.6 Å². The van der Waals surface area contributed by atoms with Gasteiger partial charge in [-0.2, -0.15) is 0 Å². The summed E-state index contributed by atoms with van der Waals surface area (Å²) in [4.78, 5) is 4.41. The topological polar surface area (TPSA) is 27.1 Å². The molecule has 0 spiro atoms. The molecule has 0 aliphatic rings. The monoisotopic (exact) mass is 182 g/mol. The minimum absolute atomic E-state index is 0.455. The molecule has 0 aliphatic heterocycles. The van der Waals surface area contributed by atoms with Crippen molar-refractivity contribution in [2.24, 2.45) is 0 Å². The number of aryl methyl sites for hydroxylation is 1. The molecular formula is C10H18N2O. The molecule has 74 valence electrons. The Bertz CT molecular complexity index is 266. The van der Waals surface area contributed by atoms with Crippen LogP contribution in [0.25, 0.3) is 0 Å². The van der Waals surface area contributed by atoms with E-state index in [1.54, 1.807) is 0 Å². The first-order chi connectivity index (χ1) is 6.15. The number of rotatable bonds is 4. The highest BCUT2D eigenvalue weighted by atomic mass is 16.5. The Morgan fingerprint density at radius 1 is 1.54 bits per heavy atom. The molecular weight excluding hydrogens is 164 g/mol. The van der Waals surface area contributed by atoms with Gasteiger partial charge in [0.25, 0.3) is 0 Å². The Kier molecular flexibility index (Phi) is 3.48. The molecule has 0 bridgehead atoms. The summed E-state index contributed by atoms with van der Waals surface area (Å²) in [5, 5.41) is 0. The largest absolute Gasteiger partial charge is 0.374 e. The highest BCUT2D eigenvalue weighted by Crippen LogP contribution is 2.11. The van der Waals surface area contributed by atoms with Crippen molar-refractivity contribution in [2.45, 2.75) is 40.3 Å². The third-order valence-electron chi connectivity index (χ3n) is 1.92. The predicted octanol–water partition coefficient (Wildman–Crippen LogP) is 2.31. The Morgan fingerprint density at radius 3 is 2.77 bits per heavy atom. The van der Waals surface area contributed by atoms with Crippen molar-refractivity contribution in [1.29, 1.82) is 0 Å². The van der Waals surface area contributed by atoms with E-state index >= 15 is 0 Å². The second-order valence-corrected chi connectivity index (χ2v) is 3.44.